The zero-order valence-corrected chi connectivity index (χ0v) is 24.4. The molecule has 4 atom stereocenters. The molecular weight excluding hydrogens is 554 g/mol. The van der Waals surface area contributed by atoms with Gasteiger partial charge in [0.05, 0.1) is 24.8 Å². The molecule has 2 amide bonds. The van der Waals surface area contributed by atoms with Crippen LogP contribution in [0.15, 0.2) is 72.8 Å². The highest BCUT2D eigenvalue weighted by Gasteiger charge is 2.27. The number of halogens is 2. The number of morpholine rings is 1. The molecule has 0 radical (unpaired) electrons. The number of amides is 2. The minimum Gasteiger partial charge on any atom is -0.448 e. The molecule has 230 valence electrons. The van der Waals surface area contributed by atoms with E-state index in [1.54, 1.807) is 24.3 Å². The fraction of sp³-hybridized carbons (Fsp3) is 0.394. The van der Waals surface area contributed by atoms with Gasteiger partial charge in [0.15, 0.2) is 0 Å². The molecule has 0 spiro atoms. The third-order valence-electron chi connectivity index (χ3n) is 7.59. The minimum absolute atomic E-state index is 0.119. The minimum atomic E-state index is -0.784. The molecule has 0 saturated carbocycles. The quantitative estimate of drug-likeness (QED) is 0.221. The predicted octanol–water partition coefficient (Wildman–Crippen LogP) is 5.03. The first kappa shape index (κ1) is 32.1. The van der Waals surface area contributed by atoms with Gasteiger partial charge in [0.2, 0.25) is 5.91 Å². The summed E-state index contributed by atoms with van der Waals surface area (Å²) in [7, 11) is 0. The number of nitrogens with two attached hydrogens (primary N) is 1. The maximum absolute atomic E-state index is 14.9. The van der Waals surface area contributed by atoms with Gasteiger partial charge in [-0.25, -0.2) is 13.6 Å². The molecule has 1 aliphatic rings. The number of ether oxygens (including phenoxy) is 2. The first-order chi connectivity index (χ1) is 20.8. The van der Waals surface area contributed by atoms with E-state index >= 15 is 0 Å². The Morgan fingerprint density at radius 2 is 1.84 bits per heavy atom. The number of nitrogens with one attached hydrogen (secondary N) is 3. The summed E-state index contributed by atoms with van der Waals surface area (Å²) in [6, 6.07) is 19.2. The lowest BCUT2D eigenvalue weighted by Crippen LogP contribution is -2.49. The molecule has 3 aromatic carbocycles. The topological polar surface area (TPSA) is 115 Å². The van der Waals surface area contributed by atoms with Gasteiger partial charge in [-0.3, -0.25) is 4.79 Å². The van der Waals surface area contributed by atoms with E-state index in [-0.39, 0.29) is 42.9 Å². The predicted molar refractivity (Wildman–Crippen MR) is 162 cm³/mol. The number of alkyl carbamates (subject to hydrolysis) is 1. The molecule has 0 bridgehead atoms. The lowest BCUT2D eigenvalue weighted by molar-refractivity contribution is -0.117. The summed E-state index contributed by atoms with van der Waals surface area (Å²) in [4.78, 5) is 25.2. The molecule has 0 aromatic heterocycles. The largest absolute Gasteiger partial charge is 0.448 e. The standard InChI is InChI=1S/C33H40F2N4O4/c1-2-7-27(23-8-4-3-5-9-23)31(36)32(40)39-30-11-6-10-29(35)28(30)17-16-26-19-37-25(20-42-26)21-43-33(41)38-18-22-12-14-24(34)15-13-22/h3-6,8-15,25-27,31,37H,2,7,16-21,36H2,1H3,(H,38,41)(H,39,40)/t25-,26+,27-,31?/m0/s1. The fourth-order valence-electron chi connectivity index (χ4n) is 5.16. The van der Waals surface area contributed by atoms with E-state index in [4.69, 9.17) is 15.2 Å². The molecule has 1 saturated heterocycles. The van der Waals surface area contributed by atoms with Crippen molar-refractivity contribution in [3.05, 3.63) is 101 Å². The Morgan fingerprint density at radius 3 is 2.53 bits per heavy atom. The van der Waals surface area contributed by atoms with Crippen molar-refractivity contribution >= 4 is 17.7 Å². The summed E-state index contributed by atoms with van der Waals surface area (Å²) in [6.45, 7) is 3.23. The maximum atomic E-state index is 14.9. The van der Waals surface area contributed by atoms with Crippen LogP contribution in [-0.4, -0.2) is 49.9 Å². The van der Waals surface area contributed by atoms with Crippen LogP contribution in [0.5, 0.6) is 0 Å². The second-order valence-corrected chi connectivity index (χ2v) is 10.8. The number of carbonyl (C=O) groups is 2. The van der Waals surface area contributed by atoms with E-state index in [0.717, 1.165) is 24.0 Å². The van der Waals surface area contributed by atoms with E-state index in [2.05, 4.69) is 22.9 Å². The lowest BCUT2D eigenvalue weighted by atomic mass is 9.87. The Kier molecular flexibility index (Phi) is 12.0. The number of benzene rings is 3. The summed E-state index contributed by atoms with van der Waals surface area (Å²) < 4.78 is 39.2. The maximum Gasteiger partial charge on any atom is 0.407 e. The van der Waals surface area contributed by atoms with Crippen molar-refractivity contribution in [2.24, 2.45) is 5.73 Å². The Hall–Kier alpha value is -3.86. The van der Waals surface area contributed by atoms with Crippen molar-refractivity contribution in [3.8, 4) is 0 Å². The van der Waals surface area contributed by atoms with Crippen LogP contribution in [0.2, 0.25) is 0 Å². The summed E-state index contributed by atoms with van der Waals surface area (Å²) in [5, 5.41) is 8.81. The summed E-state index contributed by atoms with van der Waals surface area (Å²) >= 11 is 0. The normalized spacial score (nSPS) is 18.0. The van der Waals surface area contributed by atoms with Crippen LogP contribution in [0.25, 0.3) is 0 Å². The molecule has 8 nitrogen and oxygen atoms in total. The average molecular weight is 595 g/mol. The smallest absolute Gasteiger partial charge is 0.407 e. The van der Waals surface area contributed by atoms with Crippen LogP contribution in [0.1, 0.15) is 48.8 Å². The van der Waals surface area contributed by atoms with Gasteiger partial charge in [0.25, 0.3) is 0 Å². The second-order valence-electron chi connectivity index (χ2n) is 10.8. The van der Waals surface area contributed by atoms with E-state index in [0.29, 0.717) is 37.2 Å². The molecular formula is C33H40F2N4O4. The second kappa shape index (κ2) is 16.1. The fourth-order valence-corrected chi connectivity index (χ4v) is 5.16. The highest BCUT2D eigenvalue weighted by Crippen LogP contribution is 2.27. The number of anilines is 1. The van der Waals surface area contributed by atoms with Gasteiger partial charge in [-0.15, -0.1) is 0 Å². The van der Waals surface area contributed by atoms with Gasteiger partial charge < -0.3 is 31.2 Å². The van der Waals surface area contributed by atoms with Crippen molar-refractivity contribution in [1.29, 1.82) is 0 Å². The Morgan fingerprint density at radius 1 is 1.07 bits per heavy atom. The van der Waals surface area contributed by atoms with Gasteiger partial charge in [-0.2, -0.15) is 0 Å². The average Bonchev–Trinajstić information content (AvgIpc) is 3.02. The van der Waals surface area contributed by atoms with E-state index < -0.39 is 18.0 Å². The molecule has 43 heavy (non-hydrogen) atoms. The summed E-state index contributed by atoms with van der Waals surface area (Å²) in [6.07, 6.45) is 1.75. The zero-order chi connectivity index (χ0) is 30.6. The third kappa shape index (κ3) is 9.57. The van der Waals surface area contributed by atoms with Crippen LogP contribution in [0.4, 0.5) is 19.3 Å². The Labute approximate surface area is 251 Å². The summed E-state index contributed by atoms with van der Waals surface area (Å²) in [5.41, 5.74) is 9.00. The number of hydrogen-bond acceptors (Lipinski definition) is 6. The highest BCUT2D eigenvalue weighted by molar-refractivity contribution is 5.96. The molecule has 1 aliphatic heterocycles. The number of carbonyl (C=O) groups excluding carboxylic acids is 2. The van der Waals surface area contributed by atoms with E-state index in [1.165, 1.54) is 18.2 Å². The van der Waals surface area contributed by atoms with Crippen LogP contribution in [0.3, 0.4) is 0 Å². The van der Waals surface area contributed by atoms with Crippen molar-refractivity contribution in [2.45, 2.75) is 63.3 Å². The van der Waals surface area contributed by atoms with Gasteiger partial charge in [-0.05, 0) is 54.7 Å². The summed E-state index contributed by atoms with van der Waals surface area (Å²) in [5.74, 6) is -1.24. The molecule has 1 fully saturated rings. The molecule has 10 heteroatoms. The molecule has 5 N–H and O–H groups in total. The Balaban J connectivity index is 1.23. The molecule has 0 aliphatic carbocycles. The van der Waals surface area contributed by atoms with Crippen LogP contribution >= 0.6 is 0 Å². The molecule has 3 aromatic rings. The van der Waals surface area contributed by atoms with Gasteiger partial charge in [-0.1, -0.05) is 61.9 Å². The van der Waals surface area contributed by atoms with Gasteiger partial charge in [0.1, 0.15) is 18.2 Å². The monoisotopic (exact) mass is 594 g/mol. The van der Waals surface area contributed by atoms with E-state index in [1.807, 2.05) is 30.3 Å². The van der Waals surface area contributed by atoms with Crippen LogP contribution in [0, 0.1) is 11.6 Å². The van der Waals surface area contributed by atoms with Crippen molar-refractivity contribution in [2.75, 3.05) is 25.1 Å². The van der Waals surface area contributed by atoms with Crippen LogP contribution in [-0.2, 0) is 27.2 Å². The third-order valence-corrected chi connectivity index (χ3v) is 7.59. The highest BCUT2D eigenvalue weighted by atomic mass is 19.1. The Bertz CT molecular complexity index is 1320. The molecule has 1 heterocycles. The molecule has 4 rings (SSSR count). The number of rotatable bonds is 13. The van der Waals surface area contributed by atoms with Gasteiger partial charge in [0, 0.05) is 30.3 Å². The van der Waals surface area contributed by atoms with Crippen LogP contribution < -0.4 is 21.7 Å². The number of hydrogen-bond donors (Lipinski definition) is 4. The first-order valence-corrected chi connectivity index (χ1v) is 14.7. The van der Waals surface area contributed by atoms with Gasteiger partial charge >= 0.3 is 6.09 Å². The lowest BCUT2D eigenvalue weighted by Gasteiger charge is -2.30. The SMILES string of the molecule is CCC[C@@H](c1ccccc1)C(N)C(=O)Nc1cccc(F)c1CC[C@@H]1CN[C@H](COC(=O)NCc2ccc(F)cc2)CO1. The zero-order valence-electron chi connectivity index (χ0n) is 24.4. The van der Waals surface area contributed by atoms with Crippen molar-refractivity contribution < 1.29 is 27.8 Å². The van der Waals surface area contributed by atoms with Crippen molar-refractivity contribution in [1.82, 2.24) is 10.6 Å². The first-order valence-electron chi connectivity index (χ1n) is 14.7. The van der Waals surface area contributed by atoms with E-state index in [9.17, 15) is 18.4 Å². The molecule has 1 unspecified atom stereocenters. The van der Waals surface area contributed by atoms with Crippen molar-refractivity contribution in [3.63, 3.8) is 0 Å².